The molecule has 1 aromatic rings. The van der Waals surface area contributed by atoms with E-state index < -0.39 is 27.2 Å². The normalized spacial score (nSPS) is 26.5. The third kappa shape index (κ3) is 3.69. The fourth-order valence-electron chi connectivity index (χ4n) is 3.96. The lowest BCUT2D eigenvalue weighted by atomic mass is 9.99. The lowest BCUT2D eigenvalue weighted by molar-refractivity contribution is -0.118. The largest absolute Gasteiger partial charge is 0.372 e. The molecule has 3 N–H and O–H groups in total. The van der Waals surface area contributed by atoms with E-state index in [9.17, 15) is 13.2 Å². The first kappa shape index (κ1) is 19.4. The number of nitrogens with two attached hydrogens (primary N) is 1. The predicted octanol–water partition coefficient (Wildman–Crippen LogP) is 1.26. The Morgan fingerprint density at radius 1 is 1.46 bits per heavy atom. The summed E-state index contributed by atoms with van der Waals surface area (Å²) >= 11 is 6.06. The molecule has 0 radical (unpaired) electrons. The first-order valence-electron chi connectivity index (χ1n) is 8.69. The molecule has 0 spiro atoms. The number of likely N-dealkylation sites (tertiary alicyclic amines) is 1. The summed E-state index contributed by atoms with van der Waals surface area (Å²) in [6.07, 6.45) is 2.05. The molecule has 2 heterocycles. The zero-order valence-electron chi connectivity index (χ0n) is 15.0. The van der Waals surface area contributed by atoms with E-state index >= 15 is 0 Å². The van der Waals surface area contributed by atoms with Crippen LogP contribution in [0.25, 0.3) is 0 Å². The number of anilines is 1. The number of rotatable bonds is 5. The van der Waals surface area contributed by atoms with Crippen LogP contribution in [-0.2, 0) is 14.8 Å². The van der Waals surface area contributed by atoms with Crippen LogP contribution in [-0.4, -0.2) is 63.3 Å². The van der Waals surface area contributed by atoms with Crippen molar-refractivity contribution >= 4 is 33.2 Å². The van der Waals surface area contributed by atoms with Crippen LogP contribution >= 0.6 is 11.6 Å². The van der Waals surface area contributed by atoms with E-state index in [1.807, 2.05) is 7.05 Å². The number of nitrogens with one attached hydrogen (secondary N) is 1. The van der Waals surface area contributed by atoms with Gasteiger partial charge in [-0.1, -0.05) is 11.6 Å². The molecular formula is C17H25ClN4O3S. The van der Waals surface area contributed by atoms with Crippen molar-refractivity contribution < 1.29 is 13.2 Å². The molecule has 144 valence electrons. The highest BCUT2D eigenvalue weighted by Crippen LogP contribution is 2.42. The van der Waals surface area contributed by atoms with Gasteiger partial charge < -0.3 is 16.0 Å². The smallest absolute Gasteiger partial charge is 0.241 e. The van der Waals surface area contributed by atoms with Crippen LogP contribution in [0.3, 0.4) is 0 Å². The summed E-state index contributed by atoms with van der Waals surface area (Å²) in [6, 6.07) is 3.92. The first-order chi connectivity index (χ1) is 12.2. The molecule has 3 rings (SSSR count). The summed E-state index contributed by atoms with van der Waals surface area (Å²) in [7, 11) is -0.169. The number of carbonyl (C=O) groups excluding carboxylic acids is 1. The standard InChI is InChI=1S/C17H25ClN4O3S/c1-21-7-3-4-11(9-21)10-22(2)26(24,25)16-13-8-12(18)5-6-14(13)20-15(16)17(19)23/h5-6,8,11,15-16,20H,3-4,7,9-10H2,1-2H3,(H2,19,23). The van der Waals surface area contributed by atoms with Crippen molar-refractivity contribution in [3.05, 3.63) is 28.8 Å². The molecule has 0 aromatic heterocycles. The van der Waals surface area contributed by atoms with Crippen molar-refractivity contribution in [2.45, 2.75) is 24.1 Å². The number of benzene rings is 1. The van der Waals surface area contributed by atoms with Gasteiger partial charge in [-0.25, -0.2) is 12.7 Å². The molecule has 0 aliphatic carbocycles. The molecule has 1 amide bonds. The summed E-state index contributed by atoms with van der Waals surface area (Å²) in [5, 5.41) is 2.29. The molecule has 26 heavy (non-hydrogen) atoms. The molecule has 7 nitrogen and oxygen atoms in total. The van der Waals surface area contributed by atoms with Gasteiger partial charge in [0.2, 0.25) is 15.9 Å². The number of sulfonamides is 1. The number of halogens is 1. The zero-order chi connectivity index (χ0) is 19.1. The number of primary amides is 1. The fourth-order valence-corrected chi connectivity index (χ4v) is 6.01. The third-order valence-electron chi connectivity index (χ3n) is 5.23. The van der Waals surface area contributed by atoms with Crippen molar-refractivity contribution in [3.63, 3.8) is 0 Å². The fraction of sp³-hybridized carbons (Fsp3) is 0.588. The van der Waals surface area contributed by atoms with Crippen molar-refractivity contribution in [3.8, 4) is 0 Å². The van der Waals surface area contributed by atoms with E-state index in [2.05, 4.69) is 10.2 Å². The second kappa shape index (κ2) is 7.34. The van der Waals surface area contributed by atoms with Crippen LogP contribution in [0, 0.1) is 5.92 Å². The van der Waals surface area contributed by atoms with Gasteiger partial charge in [0.25, 0.3) is 0 Å². The summed E-state index contributed by atoms with van der Waals surface area (Å²) < 4.78 is 28.0. The Balaban J connectivity index is 1.88. The topological polar surface area (TPSA) is 95.7 Å². The Bertz CT molecular complexity index is 801. The Hall–Kier alpha value is -1.35. The number of nitrogens with zero attached hydrogens (tertiary/aromatic N) is 2. The first-order valence-corrected chi connectivity index (χ1v) is 10.6. The number of hydrogen-bond acceptors (Lipinski definition) is 5. The highest BCUT2D eigenvalue weighted by Gasteiger charge is 2.46. The van der Waals surface area contributed by atoms with Crippen LogP contribution in [0.5, 0.6) is 0 Å². The minimum absolute atomic E-state index is 0.272. The van der Waals surface area contributed by atoms with E-state index in [-0.39, 0.29) is 5.92 Å². The summed E-state index contributed by atoms with van der Waals surface area (Å²) in [6.45, 7) is 2.32. The zero-order valence-corrected chi connectivity index (χ0v) is 16.6. The summed E-state index contributed by atoms with van der Waals surface area (Å²) in [4.78, 5) is 14.1. The van der Waals surface area contributed by atoms with Gasteiger partial charge in [-0.05, 0) is 56.1 Å². The monoisotopic (exact) mass is 400 g/mol. The van der Waals surface area contributed by atoms with Crippen LogP contribution in [0.2, 0.25) is 5.02 Å². The Kier molecular flexibility index (Phi) is 5.48. The van der Waals surface area contributed by atoms with Crippen molar-refractivity contribution in [1.82, 2.24) is 9.21 Å². The molecule has 2 aliphatic heterocycles. The van der Waals surface area contributed by atoms with Gasteiger partial charge in [0.1, 0.15) is 11.3 Å². The van der Waals surface area contributed by atoms with Crippen LogP contribution in [0.4, 0.5) is 5.69 Å². The molecular weight excluding hydrogens is 376 g/mol. The van der Waals surface area contributed by atoms with Gasteiger partial charge in [0, 0.05) is 30.8 Å². The number of hydrogen-bond donors (Lipinski definition) is 2. The van der Waals surface area contributed by atoms with E-state index in [1.54, 1.807) is 25.2 Å². The second-order valence-electron chi connectivity index (χ2n) is 7.27. The second-order valence-corrected chi connectivity index (χ2v) is 9.87. The van der Waals surface area contributed by atoms with Crippen LogP contribution in [0.1, 0.15) is 23.7 Å². The average Bonchev–Trinajstić information content (AvgIpc) is 2.94. The third-order valence-corrected chi connectivity index (χ3v) is 7.65. The Morgan fingerprint density at radius 2 is 2.19 bits per heavy atom. The maximum atomic E-state index is 13.3. The maximum Gasteiger partial charge on any atom is 0.241 e. The number of amides is 1. The molecule has 3 unspecified atom stereocenters. The molecule has 3 atom stereocenters. The van der Waals surface area contributed by atoms with Crippen molar-refractivity contribution in [2.24, 2.45) is 11.7 Å². The number of carbonyl (C=O) groups is 1. The molecule has 1 aromatic carbocycles. The molecule has 1 fully saturated rings. The predicted molar refractivity (Wildman–Crippen MR) is 103 cm³/mol. The highest BCUT2D eigenvalue weighted by molar-refractivity contribution is 7.89. The molecule has 0 saturated carbocycles. The molecule has 0 bridgehead atoms. The van der Waals surface area contributed by atoms with E-state index in [0.717, 1.165) is 25.9 Å². The van der Waals surface area contributed by atoms with Crippen LogP contribution < -0.4 is 11.1 Å². The minimum atomic E-state index is -3.79. The van der Waals surface area contributed by atoms with Gasteiger partial charge in [-0.3, -0.25) is 4.79 Å². The summed E-state index contributed by atoms with van der Waals surface area (Å²) in [5.74, 6) is -0.426. The SMILES string of the molecule is CN1CCCC(CN(C)S(=O)(=O)C2c3cc(Cl)ccc3NC2C(N)=O)C1. The molecule has 9 heteroatoms. The van der Waals surface area contributed by atoms with Gasteiger partial charge in [0.15, 0.2) is 0 Å². The quantitative estimate of drug-likeness (QED) is 0.775. The Morgan fingerprint density at radius 3 is 2.85 bits per heavy atom. The average molecular weight is 401 g/mol. The van der Waals surface area contributed by atoms with Crippen LogP contribution in [0.15, 0.2) is 18.2 Å². The van der Waals surface area contributed by atoms with Crippen molar-refractivity contribution in [1.29, 1.82) is 0 Å². The lowest BCUT2D eigenvalue weighted by Crippen LogP contribution is -2.46. The minimum Gasteiger partial charge on any atom is -0.372 e. The van der Waals surface area contributed by atoms with Gasteiger partial charge in [-0.2, -0.15) is 0 Å². The van der Waals surface area contributed by atoms with E-state index in [0.29, 0.717) is 22.8 Å². The molecule has 2 aliphatic rings. The number of fused-ring (bicyclic) bond motifs is 1. The van der Waals surface area contributed by atoms with Gasteiger partial charge >= 0.3 is 0 Å². The Labute approximate surface area is 159 Å². The maximum absolute atomic E-state index is 13.3. The highest BCUT2D eigenvalue weighted by atomic mass is 35.5. The van der Waals surface area contributed by atoms with Gasteiger partial charge in [0.05, 0.1) is 0 Å². The lowest BCUT2D eigenvalue weighted by Gasteiger charge is -2.33. The van der Waals surface area contributed by atoms with E-state index in [4.69, 9.17) is 17.3 Å². The van der Waals surface area contributed by atoms with Crippen molar-refractivity contribution in [2.75, 3.05) is 39.0 Å². The summed E-state index contributed by atoms with van der Waals surface area (Å²) in [5.41, 5.74) is 6.56. The van der Waals surface area contributed by atoms with E-state index in [1.165, 1.54) is 4.31 Å². The molecule has 1 saturated heterocycles. The van der Waals surface area contributed by atoms with Gasteiger partial charge in [-0.15, -0.1) is 0 Å². The number of piperidine rings is 1.